The zero-order valence-corrected chi connectivity index (χ0v) is 24.7. The Labute approximate surface area is 242 Å². The lowest BCUT2D eigenvalue weighted by molar-refractivity contribution is -0.133. The van der Waals surface area contributed by atoms with Gasteiger partial charge in [-0.25, -0.2) is 4.98 Å². The van der Waals surface area contributed by atoms with Crippen molar-refractivity contribution in [1.82, 2.24) is 14.8 Å². The zero-order valence-electron chi connectivity index (χ0n) is 23.8. The zero-order chi connectivity index (χ0) is 28.3. The molecule has 3 N–H and O–H groups in total. The topological polar surface area (TPSA) is 130 Å². The number of pyridine rings is 1. The van der Waals surface area contributed by atoms with Gasteiger partial charge in [0.2, 0.25) is 11.8 Å². The van der Waals surface area contributed by atoms with E-state index in [1.807, 2.05) is 36.1 Å². The van der Waals surface area contributed by atoms with Crippen LogP contribution in [0, 0.1) is 12.3 Å². The van der Waals surface area contributed by atoms with Crippen molar-refractivity contribution >= 4 is 35.8 Å². The number of piperidine rings is 1. The van der Waals surface area contributed by atoms with E-state index in [9.17, 15) is 14.4 Å². The number of primary amides is 1. The Bertz CT molecular complexity index is 1300. The van der Waals surface area contributed by atoms with Crippen molar-refractivity contribution in [3.63, 3.8) is 0 Å². The summed E-state index contributed by atoms with van der Waals surface area (Å²) in [5.74, 6) is 0.520. The Morgan fingerprint density at radius 1 is 1.15 bits per heavy atom. The third-order valence-corrected chi connectivity index (χ3v) is 7.25. The second-order valence-corrected chi connectivity index (χ2v) is 11.5. The third-order valence-electron chi connectivity index (χ3n) is 7.25. The number of amidine groups is 1. The van der Waals surface area contributed by atoms with Crippen LogP contribution in [-0.2, 0) is 28.1 Å². The summed E-state index contributed by atoms with van der Waals surface area (Å²) in [7, 11) is 0. The minimum absolute atomic E-state index is 0. The number of carbonyl (C=O) groups excluding carboxylic acids is 3. The van der Waals surface area contributed by atoms with Crippen LogP contribution in [0.2, 0.25) is 0 Å². The van der Waals surface area contributed by atoms with E-state index in [1.54, 1.807) is 4.90 Å². The largest absolute Gasteiger partial charge is 0.493 e. The van der Waals surface area contributed by atoms with Crippen molar-refractivity contribution in [3.05, 3.63) is 57.9 Å². The molecule has 4 rings (SSSR count). The first-order valence-corrected chi connectivity index (χ1v) is 13.6. The molecule has 1 aromatic carbocycles. The molecule has 0 bridgehead atoms. The number of hydrogen-bond donors (Lipinski definition) is 2. The molecule has 2 amide bonds. The normalized spacial score (nSPS) is 15.1. The summed E-state index contributed by atoms with van der Waals surface area (Å²) >= 11 is 0. The summed E-state index contributed by atoms with van der Waals surface area (Å²) in [4.78, 5) is 45.7. The summed E-state index contributed by atoms with van der Waals surface area (Å²) in [5, 5.41) is 8.59. The number of nitrogens with zero attached hydrogens (tertiary/aromatic N) is 3. The SMILES string of the molecule is Cc1ccc2c(n1)C(=N)N(CC(=O)c1cc(CN3CCCCC3=O)c(OCCCC(N)=O)c(C(C)(C)C)c1)C2.Cl. The quantitative estimate of drug-likeness (QED) is 0.324. The maximum absolute atomic E-state index is 13.7. The van der Waals surface area contributed by atoms with Crippen molar-refractivity contribution < 1.29 is 19.1 Å². The predicted molar refractivity (Wildman–Crippen MR) is 156 cm³/mol. The Kier molecular flexibility index (Phi) is 9.95. The number of hydrogen-bond acceptors (Lipinski definition) is 6. The number of Topliss-reactive ketones (excluding diaryl/α,β-unsaturated/α-hetero) is 1. The molecule has 3 heterocycles. The van der Waals surface area contributed by atoms with Gasteiger partial charge in [-0.05, 0) is 49.8 Å². The Hall–Kier alpha value is -3.46. The minimum atomic E-state index is -0.380. The number of rotatable bonds is 10. The summed E-state index contributed by atoms with van der Waals surface area (Å²) in [6.45, 7) is 9.91. The van der Waals surface area contributed by atoms with Gasteiger partial charge in [-0.3, -0.25) is 19.8 Å². The van der Waals surface area contributed by atoms with Gasteiger partial charge in [-0.2, -0.15) is 0 Å². The van der Waals surface area contributed by atoms with E-state index in [1.165, 1.54) is 0 Å². The Morgan fingerprint density at radius 2 is 1.90 bits per heavy atom. The molecule has 0 atom stereocenters. The van der Waals surface area contributed by atoms with E-state index in [2.05, 4.69) is 25.8 Å². The molecule has 1 saturated heterocycles. The van der Waals surface area contributed by atoms with Crippen LogP contribution in [0.25, 0.3) is 0 Å². The van der Waals surface area contributed by atoms with Gasteiger partial charge >= 0.3 is 0 Å². The maximum Gasteiger partial charge on any atom is 0.222 e. The van der Waals surface area contributed by atoms with E-state index in [4.69, 9.17) is 15.9 Å². The number of likely N-dealkylation sites (tertiary alicyclic amines) is 1. The summed E-state index contributed by atoms with van der Waals surface area (Å²) in [6.07, 6.45) is 3.05. The van der Waals surface area contributed by atoms with Gasteiger partial charge in [0.15, 0.2) is 5.78 Å². The third kappa shape index (κ3) is 7.18. The number of ether oxygens (including phenoxy) is 1. The lowest BCUT2D eigenvalue weighted by Gasteiger charge is -2.30. The highest BCUT2D eigenvalue weighted by molar-refractivity contribution is 6.04. The number of nitrogens with two attached hydrogens (primary N) is 1. The second kappa shape index (κ2) is 12.8. The van der Waals surface area contributed by atoms with Crippen molar-refractivity contribution in [2.45, 2.75) is 78.3 Å². The maximum atomic E-state index is 13.7. The fourth-order valence-corrected chi connectivity index (χ4v) is 5.10. The number of ketones is 1. The van der Waals surface area contributed by atoms with Gasteiger partial charge in [0.05, 0.1) is 13.2 Å². The highest BCUT2D eigenvalue weighted by Gasteiger charge is 2.30. The number of carbonyl (C=O) groups is 3. The highest BCUT2D eigenvalue weighted by atomic mass is 35.5. The van der Waals surface area contributed by atoms with Crippen molar-refractivity contribution in [3.8, 4) is 5.75 Å². The molecular weight excluding hydrogens is 530 g/mol. The van der Waals surface area contributed by atoms with Crippen LogP contribution in [0.1, 0.15) is 91.3 Å². The Morgan fingerprint density at radius 3 is 2.58 bits per heavy atom. The molecule has 2 aromatic rings. The average Bonchev–Trinajstić information content (AvgIpc) is 3.17. The predicted octanol–water partition coefficient (Wildman–Crippen LogP) is 4.29. The van der Waals surface area contributed by atoms with Crippen LogP contribution in [0.5, 0.6) is 5.75 Å². The second-order valence-electron chi connectivity index (χ2n) is 11.5. The molecule has 0 radical (unpaired) electrons. The number of amides is 2. The molecule has 1 aromatic heterocycles. The van der Waals surface area contributed by atoms with Gasteiger partial charge in [-0.1, -0.05) is 26.8 Å². The van der Waals surface area contributed by atoms with Crippen LogP contribution in [0.15, 0.2) is 24.3 Å². The van der Waals surface area contributed by atoms with E-state index in [0.717, 1.165) is 35.2 Å². The first kappa shape index (κ1) is 31.1. The molecule has 40 heavy (non-hydrogen) atoms. The van der Waals surface area contributed by atoms with Crippen molar-refractivity contribution in [2.75, 3.05) is 19.7 Å². The smallest absolute Gasteiger partial charge is 0.222 e. The number of aromatic nitrogens is 1. The van der Waals surface area contributed by atoms with Crippen LogP contribution in [0.4, 0.5) is 0 Å². The lowest BCUT2D eigenvalue weighted by atomic mass is 9.83. The summed E-state index contributed by atoms with van der Waals surface area (Å²) < 4.78 is 6.25. The summed E-state index contributed by atoms with van der Waals surface area (Å²) in [6, 6.07) is 7.59. The van der Waals surface area contributed by atoms with Gasteiger partial charge in [0, 0.05) is 60.4 Å². The number of aryl methyl sites for hydroxylation is 1. The molecule has 0 unspecified atom stereocenters. The van der Waals surface area contributed by atoms with Gasteiger partial charge in [-0.15, -0.1) is 12.4 Å². The molecule has 0 saturated carbocycles. The van der Waals surface area contributed by atoms with Crippen LogP contribution >= 0.6 is 12.4 Å². The molecule has 10 heteroatoms. The average molecular weight is 570 g/mol. The summed E-state index contributed by atoms with van der Waals surface area (Å²) in [5.41, 5.74) is 9.52. The standard InChI is InChI=1S/C30H39N5O4.ClH/c1-19-10-11-20-16-35(29(32)27(20)33-19)18-24(36)21-14-22(17-34-12-6-5-9-26(34)38)28(23(15-21)30(2,3)4)39-13-7-8-25(31)37;/h10-11,14-15,32H,5-9,12-13,16-18H2,1-4H3,(H2,31,37);1H. The molecule has 1 fully saturated rings. The fourth-order valence-electron chi connectivity index (χ4n) is 5.10. The molecule has 2 aliphatic rings. The van der Waals surface area contributed by atoms with Crippen LogP contribution in [-0.4, -0.2) is 57.9 Å². The fraction of sp³-hybridized carbons (Fsp3) is 0.500. The van der Waals surface area contributed by atoms with E-state index >= 15 is 0 Å². The van der Waals surface area contributed by atoms with Gasteiger partial charge in [0.1, 0.15) is 17.3 Å². The Balaban J connectivity index is 0.00000441. The van der Waals surface area contributed by atoms with Crippen molar-refractivity contribution in [2.24, 2.45) is 5.73 Å². The molecule has 0 aliphatic carbocycles. The van der Waals surface area contributed by atoms with Crippen molar-refractivity contribution in [1.29, 1.82) is 5.41 Å². The number of nitrogens with one attached hydrogen (secondary N) is 1. The van der Waals surface area contributed by atoms with Gasteiger partial charge < -0.3 is 20.3 Å². The van der Waals surface area contributed by atoms with E-state index in [-0.39, 0.29) is 54.2 Å². The molecular formula is C30H40ClN5O4. The molecule has 216 valence electrons. The minimum Gasteiger partial charge on any atom is -0.493 e. The first-order chi connectivity index (χ1) is 18.4. The highest BCUT2D eigenvalue weighted by Crippen LogP contribution is 2.37. The number of fused-ring (bicyclic) bond motifs is 1. The lowest BCUT2D eigenvalue weighted by Crippen LogP contribution is -2.35. The molecule has 2 aliphatic heterocycles. The first-order valence-electron chi connectivity index (χ1n) is 13.6. The van der Waals surface area contributed by atoms with Gasteiger partial charge in [0.25, 0.3) is 0 Å². The monoisotopic (exact) mass is 569 g/mol. The number of halogens is 1. The van der Waals surface area contributed by atoms with E-state index < -0.39 is 0 Å². The molecule has 9 nitrogen and oxygen atoms in total. The van der Waals surface area contributed by atoms with E-state index in [0.29, 0.717) is 56.1 Å². The van der Waals surface area contributed by atoms with Crippen LogP contribution < -0.4 is 10.5 Å². The number of benzene rings is 1. The molecule has 0 spiro atoms. The van der Waals surface area contributed by atoms with Crippen LogP contribution in [0.3, 0.4) is 0 Å².